The van der Waals surface area contributed by atoms with Crippen molar-refractivity contribution in [2.24, 2.45) is 5.92 Å². The molecule has 1 amide bonds. The molecule has 0 saturated carbocycles. The third-order valence-electron chi connectivity index (χ3n) is 5.85. The molecule has 1 unspecified atom stereocenters. The molecule has 2 aromatic carbocycles. The monoisotopic (exact) mass is 465 g/mol. The van der Waals surface area contributed by atoms with Crippen LogP contribution in [0.15, 0.2) is 65.7 Å². The van der Waals surface area contributed by atoms with E-state index in [2.05, 4.69) is 66.7 Å². The van der Waals surface area contributed by atoms with E-state index in [0.717, 1.165) is 34.9 Å². The smallest absolute Gasteiger partial charge is 0.253 e. The summed E-state index contributed by atoms with van der Waals surface area (Å²) in [5.74, 6) is 0.325. The maximum absolute atomic E-state index is 12.8. The summed E-state index contributed by atoms with van der Waals surface area (Å²) in [6.07, 6.45) is 3.77. The van der Waals surface area contributed by atoms with Crippen LogP contribution >= 0.6 is 23.4 Å². The summed E-state index contributed by atoms with van der Waals surface area (Å²) in [5, 5.41) is 3.77. The SMILES string of the molecule is CSc1ccc(CNC(=O)c2cnc3c(c2)CN(Cc2ccc(Cl)cc2)C3C(C)C)cc1. The summed E-state index contributed by atoms with van der Waals surface area (Å²) in [5.41, 5.74) is 5.13. The third kappa shape index (κ3) is 5.17. The molecule has 0 radical (unpaired) electrons. The highest BCUT2D eigenvalue weighted by molar-refractivity contribution is 7.98. The molecule has 0 spiro atoms. The molecule has 0 fully saturated rings. The summed E-state index contributed by atoms with van der Waals surface area (Å²) in [6.45, 7) is 6.55. The van der Waals surface area contributed by atoms with Crippen molar-refractivity contribution in [2.75, 3.05) is 6.26 Å². The van der Waals surface area contributed by atoms with Crippen LogP contribution in [-0.2, 0) is 19.6 Å². The van der Waals surface area contributed by atoms with Crippen molar-refractivity contribution in [1.82, 2.24) is 15.2 Å². The average molecular weight is 466 g/mol. The van der Waals surface area contributed by atoms with Gasteiger partial charge < -0.3 is 5.32 Å². The normalized spacial score (nSPS) is 15.7. The van der Waals surface area contributed by atoms with Crippen molar-refractivity contribution >= 4 is 29.3 Å². The molecule has 0 aliphatic carbocycles. The van der Waals surface area contributed by atoms with Gasteiger partial charge in [-0.3, -0.25) is 14.7 Å². The van der Waals surface area contributed by atoms with Gasteiger partial charge in [0.2, 0.25) is 0 Å². The van der Waals surface area contributed by atoms with Crippen molar-refractivity contribution in [3.63, 3.8) is 0 Å². The van der Waals surface area contributed by atoms with Gasteiger partial charge >= 0.3 is 0 Å². The largest absolute Gasteiger partial charge is 0.348 e. The Kier molecular flexibility index (Phi) is 7.19. The van der Waals surface area contributed by atoms with Gasteiger partial charge in [0.1, 0.15) is 0 Å². The first-order valence-corrected chi connectivity index (χ1v) is 12.4. The van der Waals surface area contributed by atoms with Crippen molar-refractivity contribution in [1.29, 1.82) is 0 Å². The maximum Gasteiger partial charge on any atom is 0.253 e. The molecule has 1 atom stereocenters. The Balaban J connectivity index is 1.46. The van der Waals surface area contributed by atoms with Gasteiger partial charge in [-0.1, -0.05) is 49.7 Å². The number of aromatic nitrogens is 1. The minimum Gasteiger partial charge on any atom is -0.348 e. The minimum absolute atomic E-state index is 0.0912. The molecule has 1 N–H and O–H groups in total. The number of nitrogens with one attached hydrogen (secondary N) is 1. The number of hydrogen-bond donors (Lipinski definition) is 1. The van der Waals surface area contributed by atoms with E-state index in [4.69, 9.17) is 16.6 Å². The van der Waals surface area contributed by atoms with Gasteiger partial charge in [-0.05, 0) is 59.2 Å². The Morgan fingerprint density at radius 3 is 2.50 bits per heavy atom. The zero-order valence-corrected chi connectivity index (χ0v) is 20.2. The zero-order valence-electron chi connectivity index (χ0n) is 18.6. The molecule has 166 valence electrons. The number of rotatable bonds is 7. The van der Waals surface area contributed by atoms with Gasteiger partial charge in [-0.25, -0.2) is 0 Å². The molecule has 0 bridgehead atoms. The van der Waals surface area contributed by atoms with Crippen LogP contribution in [0.5, 0.6) is 0 Å². The quantitative estimate of drug-likeness (QED) is 0.428. The fraction of sp³-hybridized carbons (Fsp3) is 0.308. The van der Waals surface area contributed by atoms with E-state index in [1.807, 2.05) is 18.2 Å². The van der Waals surface area contributed by atoms with Crippen molar-refractivity contribution in [2.45, 2.75) is 44.4 Å². The van der Waals surface area contributed by atoms with Crippen LogP contribution in [0, 0.1) is 5.92 Å². The summed E-state index contributed by atoms with van der Waals surface area (Å²) in [7, 11) is 0. The Morgan fingerprint density at radius 2 is 1.84 bits per heavy atom. The first kappa shape index (κ1) is 22.8. The maximum atomic E-state index is 12.8. The van der Waals surface area contributed by atoms with E-state index in [1.54, 1.807) is 18.0 Å². The number of hydrogen-bond acceptors (Lipinski definition) is 4. The fourth-order valence-corrected chi connectivity index (χ4v) is 4.81. The van der Waals surface area contributed by atoms with E-state index >= 15 is 0 Å². The summed E-state index contributed by atoms with van der Waals surface area (Å²) in [6, 6.07) is 18.5. The molecule has 1 aromatic heterocycles. The molecule has 1 aliphatic heterocycles. The lowest BCUT2D eigenvalue weighted by molar-refractivity contribution is 0.0950. The lowest BCUT2D eigenvalue weighted by Crippen LogP contribution is -2.25. The number of carbonyl (C=O) groups is 1. The number of nitrogens with zero attached hydrogens (tertiary/aromatic N) is 2. The molecule has 6 heteroatoms. The van der Waals surface area contributed by atoms with Crippen LogP contribution in [-0.4, -0.2) is 22.0 Å². The highest BCUT2D eigenvalue weighted by Crippen LogP contribution is 2.38. The second-order valence-electron chi connectivity index (χ2n) is 8.52. The summed E-state index contributed by atoms with van der Waals surface area (Å²) in [4.78, 5) is 21.2. The number of amides is 1. The molecular formula is C26H28ClN3OS. The van der Waals surface area contributed by atoms with E-state index in [9.17, 15) is 4.79 Å². The van der Waals surface area contributed by atoms with Gasteiger partial charge in [0.15, 0.2) is 0 Å². The molecule has 4 nitrogen and oxygen atoms in total. The van der Waals surface area contributed by atoms with Crippen molar-refractivity contribution < 1.29 is 4.79 Å². The summed E-state index contributed by atoms with van der Waals surface area (Å²) >= 11 is 7.75. The van der Waals surface area contributed by atoms with Gasteiger partial charge in [0.25, 0.3) is 5.91 Å². The van der Waals surface area contributed by atoms with Crippen LogP contribution in [0.25, 0.3) is 0 Å². The van der Waals surface area contributed by atoms with E-state index in [-0.39, 0.29) is 11.9 Å². The Morgan fingerprint density at radius 1 is 1.16 bits per heavy atom. The number of pyridine rings is 1. The van der Waals surface area contributed by atoms with Gasteiger partial charge in [-0.2, -0.15) is 0 Å². The molecule has 3 aromatic rings. The van der Waals surface area contributed by atoms with Crippen molar-refractivity contribution in [3.8, 4) is 0 Å². The number of fused-ring (bicyclic) bond motifs is 1. The van der Waals surface area contributed by atoms with Gasteiger partial charge in [0.05, 0.1) is 17.3 Å². The standard InChI is InChI=1S/C26H28ClN3OS/c1-17(2)25-24-21(16-30(25)15-19-4-8-22(27)9-5-19)12-20(14-28-24)26(31)29-13-18-6-10-23(32-3)11-7-18/h4-12,14,17,25H,13,15-16H2,1-3H3,(H,29,31). The number of carbonyl (C=O) groups excluding carboxylic acids is 1. The topological polar surface area (TPSA) is 45.2 Å². The lowest BCUT2D eigenvalue weighted by Gasteiger charge is -2.27. The van der Waals surface area contributed by atoms with Crippen LogP contribution in [0.4, 0.5) is 0 Å². The first-order valence-electron chi connectivity index (χ1n) is 10.8. The molecule has 1 aliphatic rings. The number of thioether (sulfide) groups is 1. The lowest BCUT2D eigenvalue weighted by atomic mass is 9.99. The van der Waals surface area contributed by atoms with E-state index in [1.165, 1.54) is 10.5 Å². The van der Waals surface area contributed by atoms with Crippen LogP contribution in [0.2, 0.25) is 5.02 Å². The Bertz CT molecular complexity index is 1080. The second-order valence-corrected chi connectivity index (χ2v) is 9.84. The van der Waals surface area contributed by atoms with E-state index < -0.39 is 0 Å². The predicted octanol–water partition coefficient (Wildman–Crippen LogP) is 6.10. The van der Waals surface area contributed by atoms with Gasteiger partial charge in [-0.15, -0.1) is 11.8 Å². The molecule has 2 heterocycles. The van der Waals surface area contributed by atoms with Gasteiger partial charge in [0, 0.05) is 35.7 Å². The first-order chi connectivity index (χ1) is 15.4. The summed E-state index contributed by atoms with van der Waals surface area (Å²) < 4.78 is 0. The van der Waals surface area contributed by atoms with Crippen LogP contribution < -0.4 is 5.32 Å². The third-order valence-corrected chi connectivity index (χ3v) is 6.85. The van der Waals surface area contributed by atoms with Crippen molar-refractivity contribution in [3.05, 3.63) is 93.8 Å². The minimum atomic E-state index is -0.0912. The van der Waals surface area contributed by atoms with Crippen LogP contribution in [0.1, 0.15) is 52.6 Å². The highest BCUT2D eigenvalue weighted by atomic mass is 35.5. The van der Waals surface area contributed by atoms with Crippen LogP contribution in [0.3, 0.4) is 0 Å². The molecule has 4 rings (SSSR count). The highest BCUT2D eigenvalue weighted by Gasteiger charge is 2.34. The molecule has 32 heavy (non-hydrogen) atoms. The zero-order chi connectivity index (χ0) is 22.7. The Hall–Kier alpha value is -2.34. The molecule has 0 saturated heterocycles. The fourth-order valence-electron chi connectivity index (χ4n) is 4.27. The predicted molar refractivity (Wildman–Crippen MR) is 132 cm³/mol. The number of halogens is 1. The van der Waals surface area contributed by atoms with E-state index in [0.29, 0.717) is 18.0 Å². The molecular weight excluding hydrogens is 438 g/mol. The second kappa shape index (κ2) is 10.1. The number of benzene rings is 2. The average Bonchev–Trinajstić information content (AvgIpc) is 3.16. The Labute approximate surface area is 199 Å².